The van der Waals surface area contributed by atoms with Gasteiger partial charge >= 0.3 is 0 Å². The predicted octanol–water partition coefficient (Wildman–Crippen LogP) is 1.85. The van der Waals surface area contributed by atoms with Gasteiger partial charge in [0.05, 0.1) is 19.3 Å². The Morgan fingerprint density at radius 1 is 1.37 bits per heavy atom. The van der Waals surface area contributed by atoms with Crippen molar-refractivity contribution in [3.63, 3.8) is 0 Å². The molecule has 0 aliphatic carbocycles. The van der Waals surface area contributed by atoms with Crippen molar-refractivity contribution in [2.24, 2.45) is 0 Å². The van der Waals surface area contributed by atoms with Gasteiger partial charge in [-0.15, -0.1) is 0 Å². The maximum absolute atomic E-state index is 5.76. The largest absolute Gasteiger partial charge is 0.460 e. The molecule has 0 bridgehead atoms. The summed E-state index contributed by atoms with van der Waals surface area (Å²) in [6.45, 7) is 4.46. The van der Waals surface area contributed by atoms with Gasteiger partial charge in [0, 0.05) is 25.0 Å². The van der Waals surface area contributed by atoms with E-state index in [1.165, 1.54) is 0 Å². The highest BCUT2D eigenvalue weighted by molar-refractivity contribution is 5.77. The lowest BCUT2D eigenvalue weighted by atomic mass is 10.2. The second-order valence-electron chi connectivity index (χ2n) is 5.14. The number of morpholine rings is 1. The van der Waals surface area contributed by atoms with E-state index in [0.29, 0.717) is 0 Å². The van der Waals surface area contributed by atoms with Crippen LogP contribution in [0.2, 0.25) is 0 Å². The summed E-state index contributed by atoms with van der Waals surface area (Å²) in [5.74, 6) is 0.977. The number of furan rings is 1. The van der Waals surface area contributed by atoms with Crippen molar-refractivity contribution >= 4 is 11.0 Å². The Morgan fingerprint density at radius 3 is 3.11 bits per heavy atom. The molecule has 2 aromatic rings. The predicted molar refractivity (Wildman–Crippen MR) is 75.2 cm³/mol. The fourth-order valence-corrected chi connectivity index (χ4v) is 2.47. The SMILES string of the molecule is CN1CCOC(CNCc2cc3ccccc3o2)C1. The van der Waals surface area contributed by atoms with E-state index in [-0.39, 0.29) is 6.10 Å². The maximum atomic E-state index is 5.76. The van der Waals surface area contributed by atoms with E-state index in [2.05, 4.69) is 29.4 Å². The molecule has 3 rings (SSSR count). The van der Waals surface area contributed by atoms with E-state index in [9.17, 15) is 0 Å². The Balaban J connectivity index is 1.51. The lowest BCUT2D eigenvalue weighted by Gasteiger charge is -2.30. The standard InChI is InChI=1S/C15H20N2O2/c1-17-6-7-18-14(11-17)10-16-9-13-8-12-4-2-3-5-15(12)19-13/h2-5,8,14,16H,6-7,9-11H2,1H3. The molecule has 0 amide bonds. The lowest BCUT2D eigenvalue weighted by molar-refractivity contribution is -0.0183. The number of hydrogen-bond donors (Lipinski definition) is 1. The van der Waals surface area contributed by atoms with Crippen molar-refractivity contribution in [3.8, 4) is 0 Å². The highest BCUT2D eigenvalue weighted by atomic mass is 16.5. The van der Waals surface area contributed by atoms with Crippen LogP contribution in [-0.4, -0.2) is 44.3 Å². The Morgan fingerprint density at radius 2 is 2.26 bits per heavy atom. The van der Waals surface area contributed by atoms with E-state index in [0.717, 1.165) is 49.5 Å². The third-order valence-electron chi connectivity index (χ3n) is 3.49. The van der Waals surface area contributed by atoms with Crippen LogP contribution >= 0.6 is 0 Å². The number of likely N-dealkylation sites (N-methyl/N-ethyl adjacent to an activating group) is 1. The summed E-state index contributed by atoms with van der Waals surface area (Å²) >= 11 is 0. The van der Waals surface area contributed by atoms with Crippen LogP contribution in [0, 0.1) is 0 Å². The van der Waals surface area contributed by atoms with Crippen LogP contribution in [0.15, 0.2) is 34.7 Å². The molecule has 1 saturated heterocycles. The summed E-state index contributed by atoms with van der Waals surface area (Å²) in [5.41, 5.74) is 0.952. The minimum Gasteiger partial charge on any atom is -0.460 e. The molecule has 102 valence electrons. The average molecular weight is 260 g/mol. The van der Waals surface area contributed by atoms with Crippen LogP contribution in [0.1, 0.15) is 5.76 Å². The zero-order valence-electron chi connectivity index (χ0n) is 11.3. The molecule has 0 radical (unpaired) electrons. The monoisotopic (exact) mass is 260 g/mol. The van der Waals surface area contributed by atoms with Crippen molar-refractivity contribution in [3.05, 3.63) is 36.1 Å². The number of para-hydroxylation sites is 1. The molecule has 4 heteroatoms. The number of ether oxygens (including phenoxy) is 1. The first-order valence-electron chi connectivity index (χ1n) is 6.79. The van der Waals surface area contributed by atoms with Crippen molar-refractivity contribution in [1.82, 2.24) is 10.2 Å². The van der Waals surface area contributed by atoms with Crippen LogP contribution < -0.4 is 5.32 Å². The van der Waals surface area contributed by atoms with E-state index in [4.69, 9.17) is 9.15 Å². The molecule has 1 aromatic carbocycles. The topological polar surface area (TPSA) is 37.6 Å². The van der Waals surface area contributed by atoms with Gasteiger partial charge in [-0.1, -0.05) is 18.2 Å². The van der Waals surface area contributed by atoms with Gasteiger partial charge in [0.25, 0.3) is 0 Å². The molecule has 1 fully saturated rings. The summed E-state index contributed by atoms with van der Waals surface area (Å²) in [6, 6.07) is 10.2. The molecule has 2 heterocycles. The molecule has 19 heavy (non-hydrogen) atoms. The van der Waals surface area contributed by atoms with Crippen molar-refractivity contribution in [2.75, 3.05) is 33.3 Å². The minimum absolute atomic E-state index is 0.281. The summed E-state index contributed by atoms with van der Waals surface area (Å²) in [4.78, 5) is 2.30. The molecule has 1 atom stereocenters. The van der Waals surface area contributed by atoms with Gasteiger partial charge in [-0.25, -0.2) is 0 Å². The smallest absolute Gasteiger partial charge is 0.134 e. The Labute approximate surface area is 113 Å². The Kier molecular flexibility index (Phi) is 3.82. The van der Waals surface area contributed by atoms with Gasteiger partial charge in [0.2, 0.25) is 0 Å². The molecule has 0 saturated carbocycles. The van der Waals surface area contributed by atoms with Gasteiger partial charge in [0.1, 0.15) is 11.3 Å². The molecule has 4 nitrogen and oxygen atoms in total. The molecule has 1 aliphatic rings. The third-order valence-corrected chi connectivity index (χ3v) is 3.49. The molecule has 1 N–H and O–H groups in total. The Bertz CT molecular complexity index is 505. The lowest BCUT2D eigenvalue weighted by Crippen LogP contribution is -2.44. The highest BCUT2D eigenvalue weighted by Crippen LogP contribution is 2.18. The third kappa shape index (κ3) is 3.15. The fraction of sp³-hybridized carbons (Fsp3) is 0.467. The highest BCUT2D eigenvalue weighted by Gasteiger charge is 2.17. The van der Waals surface area contributed by atoms with Crippen LogP contribution in [0.25, 0.3) is 11.0 Å². The van der Waals surface area contributed by atoms with Gasteiger partial charge in [-0.3, -0.25) is 0 Å². The van der Waals surface area contributed by atoms with E-state index < -0.39 is 0 Å². The second-order valence-corrected chi connectivity index (χ2v) is 5.14. The van der Waals surface area contributed by atoms with E-state index >= 15 is 0 Å². The summed E-state index contributed by atoms with van der Waals surface area (Å²) in [7, 11) is 2.13. The van der Waals surface area contributed by atoms with E-state index in [1.54, 1.807) is 0 Å². The normalized spacial score (nSPS) is 21.0. The summed E-state index contributed by atoms with van der Waals surface area (Å²) in [5, 5.41) is 4.57. The second kappa shape index (κ2) is 5.74. The Hall–Kier alpha value is -1.36. The zero-order chi connectivity index (χ0) is 13.1. The molecule has 0 spiro atoms. The number of benzene rings is 1. The summed E-state index contributed by atoms with van der Waals surface area (Å²) in [6.07, 6.45) is 0.281. The summed E-state index contributed by atoms with van der Waals surface area (Å²) < 4.78 is 11.5. The van der Waals surface area contributed by atoms with Crippen LogP contribution in [0.3, 0.4) is 0 Å². The number of fused-ring (bicyclic) bond motifs is 1. The van der Waals surface area contributed by atoms with Crippen LogP contribution in [0.4, 0.5) is 0 Å². The molecular weight excluding hydrogens is 240 g/mol. The first-order valence-corrected chi connectivity index (χ1v) is 6.79. The first-order chi connectivity index (χ1) is 9.31. The molecule has 1 aliphatic heterocycles. The van der Waals surface area contributed by atoms with Gasteiger partial charge in [-0.2, -0.15) is 0 Å². The van der Waals surface area contributed by atoms with Crippen molar-refractivity contribution in [2.45, 2.75) is 12.6 Å². The van der Waals surface area contributed by atoms with Crippen molar-refractivity contribution in [1.29, 1.82) is 0 Å². The zero-order valence-corrected chi connectivity index (χ0v) is 11.3. The molecular formula is C15H20N2O2. The molecule has 1 unspecified atom stereocenters. The van der Waals surface area contributed by atoms with E-state index in [1.807, 2.05) is 18.2 Å². The van der Waals surface area contributed by atoms with Gasteiger partial charge < -0.3 is 19.4 Å². The quantitative estimate of drug-likeness (QED) is 0.910. The number of nitrogens with one attached hydrogen (secondary N) is 1. The maximum Gasteiger partial charge on any atom is 0.134 e. The average Bonchev–Trinajstić information content (AvgIpc) is 2.81. The van der Waals surface area contributed by atoms with Crippen LogP contribution in [0.5, 0.6) is 0 Å². The molecule has 1 aromatic heterocycles. The number of nitrogens with zero attached hydrogens (tertiary/aromatic N) is 1. The fourth-order valence-electron chi connectivity index (χ4n) is 2.47. The number of rotatable bonds is 4. The van der Waals surface area contributed by atoms with Gasteiger partial charge in [0.15, 0.2) is 0 Å². The van der Waals surface area contributed by atoms with Gasteiger partial charge in [-0.05, 0) is 19.2 Å². The first kappa shape index (κ1) is 12.7. The van der Waals surface area contributed by atoms with Crippen LogP contribution in [-0.2, 0) is 11.3 Å². The number of hydrogen-bond acceptors (Lipinski definition) is 4. The van der Waals surface area contributed by atoms with Crippen molar-refractivity contribution < 1.29 is 9.15 Å². The minimum atomic E-state index is 0.281.